The monoisotopic (exact) mass is 593 g/mol. The number of esters is 1. The predicted molar refractivity (Wildman–Crippen MR) is 158 cm³/mol. The van der Waals surface area contributed by atoms with E-state index in [1.165, 1.54) is 0 Å². The summed E-state index contributed by atoms with van der Waals surface area (Å²) in [5.41, 5.74) is -0.630. The van der Waals surface area contributed by atoms with Crippen molar-refractivity contribution in [1.82, 2.24) is 15.1 Å². The van der Waals surface area contributed by atoms with Crippen LogP contribution in [-0.4, -0.2) is 88.1 Å². The van der Waals surface area contributed by atoms with Crippen molar-refractivity contribution < 1.29 is 33.8 Å². The summed E-state index contributed by atoms with van der Waals surface area (Å²) in [6.45, 7) is 6.41. The van der Waals surface area contributed by atoms with Gasteiger partial charge in [0, 0.05) is 32.2 Å². The van der Waals surface area contributed by atoms with E-state index in [1.807, 2.05) is 56.3 Å². The van der Waals surface area contributed by atoms with E-state index in [-0.39, 0.29) is 36.8 Å². The molecule has 7 atom stereocenters. The van der Waals surface area contributed by atoms with Gasteiger partial charge in [-0.25, -0.2) is 0 Å². The topological polar surface area (TPSA) is 125 Å². The fourth-order valence-electron chi connectivity index (χ4n) is 7.00. The van der Waals surface area contributed by atoms with Crippen molar-refractivity contribution in [3.05, 3.63) is 60.2 Å². The number of aliphatic hydroxyl groups excluding tert-OH is 1. The first-order chi connectivity index (χ1) is 20.7. The fraction of sp³-hybridized carbons (Fsp3) is 0.576. The SMILES string of the molecule is CC(C)N1CC=C[C@@]23O[C@H]4/C=C\CCC(=O)N[C@@H](C)[C@H](c5ccccc5)OC(=O)[C@H]4[C@@H]2C(=O)N(CCCCCO)[C@H]3C1=O. The molecular weight excluding hydrogens is 550 g/mol. The van der Waals surface area contributed by atoms with Gasteiger partial charge in [0.2, 0.25) is 17.7 Å². The molecule has 4 aliphatic rings. The van der Waals surface area contributed by atoms with Crippen LogP contribution in [0, 0.1) is 11.8 Å². The Labute approximate surface area is 253 Å². The molecule has 0 bridgehead atoms. The highest BCUT2D eigenvalue weighted by molar-refractivity contribution is 5.99. The smallest absolute Gasteiger partial charge is 0.313 e. The van der Waals surface area contributed by atoms with E-state index in [9.17, 15) is 24.3 Å². The van der Waals surface area contributed by atoms with Gasteiger partial charge in [-0.05, 0) is 52.0 Å². The number of benzene rings is 1. The van der Waals surface area contributed by atoms with E-state index in [2.05, 4.69) is 5.32 Å². The molecule has 10 heteroatoms. The minimum Gasteiger partial charge on any atom is -0.455 e. The number of carbonyl (C=O) groups excluding carboxylic acids is 4. The summed E-state index contributed by atoms with van der Waals surface area (Å²) in [4.78, 5) is 58.8. The first kappa shape index (κ1) is 30.9. The van der Waals surface area contributed by atoms with Gasteiger partial charge in [0.1, 0.15) is 23.7 Å². The lowest BCUT2D eigenvalue weighted by Gasteiger charge is -2.36. The van der Waals surface area contributed by atoms with Crippen molar-refractivity contribution in [3.8, 4) is 0 Å². The quantitative estimate of drug-likeness (QED) is 0.283. The number of rotatable bonds is 7. The lowest BCUT2D eigenvalue weighted by atomic mass is 9.77. The number of nitrogens with one attached hydrogen (secondary N) is 1. The molecule has 0 radical (unpaired) electrons. The van der Waals surface area contributed by atoms with Gasteiger partial charge in [-0.3, -0.25) is 19.2 Å². The molecule has 10 nitrogen and oxygen atoms in total. The van der Waals surface area contributed by atoms with E-state index < -0.39 is 47.7 Å². The number of hydrogen-bond donors (Lipinski definition) is 2. The number of nitrogens with zero attached hydrogens (tertiary/aromatic N) is 2. The van der Waals surface area contributed by atoms with Gasteiger partial charge in [0.25, 0.3) is 0 Å². The highest BCUT2D eigenvalue weighted by Gasteiger charge is 2.71. The van der Waals surface area contributed by atoms with Crippen molar-refractivity contribution in [2.75, 3.05) is 19.7 Å². The second kappa shape index (κ2) is 13.0. The van der Waals surface area contributed by atoms with Crippen LogP contribution in [-0.2, 0) is 28.7 Å². The molecule has 3 amide bonds. The number of hydrogen-bond acceptors (Lipinski definition) is 7. The van der Waals surface area contributed by atoms with E-state index >= 15 is 0 Å². The Kier molecular flexibility index (Phi) is 9.36. The molecule has 2 fully saturated rings. The standard InChI is InChI=1S/C33H43N3O7/c1-21(2)35-19-12-17-33-27(30(39)36(29(33)31(35)40)18-10-5-11-20-37)26-24(43-33)15-8-9-16-25(38)34-22(3)28(42-32(26)41)23-13-6-4-7-14-23/h4,6-8,12-15,17,21-22,24,26-29,37H,5,9-11,16,18-20H2,1-3H3,(H,34,38)/b15-8-/t22-,24-,26+,27+,28+,29-,33+/m0/s1. The summed E-state index contributed by atoms with van der Waals surface area (Å²) in [7, 11) is 0. The van der Waals surface area contributed by atoms with Gasteiger partial charge < -0.3 is 29.7 Å². The Balaban J connectivity index is 1.57. The maximum atomic E-state index is 14.4. The lowest BCUT2D eigenvalue weighted by molar-refractivity contribution is -0.161. The van der Waals surface area contributed by atoms with Crippen molar-refractivity contribution in [2.45, 2.75) is 88.8 Å². The zero-order valence-electron chi connectivity index (χ0n) is 25.2. The zero-order chi connectivity index (χ0) is 30.7. The van der Waals surface area contributed by atoms with Crippen LogP contribution in [0.3, 0.4) is 0 Å². The predicted octanol–water partition coefficient (Wildman–Crippen LogP) is 2.68. The summed E-state index contributed by atoms with van der Waals surface area (Å²) < 4.78 is 12.9. The largest absolute Gasteiger partial charge is 0.455 e. The maximum absolute atomic E-state index is 14.4. The third kappa shape index (κ3) is 5.87. The van der Waals surface area contributed by atoms with Gasteiger partial charge in [0.05, 0.1) is 18.1 Å². The molecule has 1 aromatic carbocycles. The van der Waals surface area contributed by atoms with Crippen LogP contribution in [0.15, 0.2) is 54.6 Å². The molecule has 1 aromatic rings. The summed E-state index contributed by atoms with van der Waals surface area (Å²) in [5, 5.41) is 12.2. The molecule has 1 spiro atoms. The summed E-state index contributed by atoms with van der Waals surface area (Å²) >= 11 is 0. The van der Waals surface area contributed by atoms with Gasteiger partial charge in [-0.1, -0.05) is 54.6 Å². The number of unbranched alkanes of at least 4 members (excludes halogenated alkanes) is 2. The molecule has 4 aliphatic heterocycles. The minimum absolute atomic E-state index is 0.0548. The molecule has 0 saturated carbocycles. The number of fused-ring (bicyclic) bond motifs is 2. The number of allylic oxidation sites excluding steroid dienone is 1. The van der Waals surface area contributed by atoms with Crippen molar-refractivity contribution in [3.63, 3.8) is 0 Å². The Morgan fingerprint density at radius 1 is 1.05 bits per heavy atom. The van der Waals surface area contributed by atoms with E-state index in [1.54, 1.807) is 28.9 Å². The molecule has 5 rings (SSSR count). The second-order valence-corrected chi connectivity index (χ2v) is 12.2. The molecule has 43 heavy (non-hydrogen) atoms. The molecule has 0 unspecified atom stereocenters. The van der Waals surface area contributed by atoms with E-state index in [0.717, 1.165) is 5.56 Å². The molecule has 0 aliphatic carbocycles. The fourth-order valence-corrected chi connectivity index (χ4v) is 7.00. The van der Waals surface area contributed by atoms with Crippen LogP contribution in [0.1, 0.15) is 64.5 Å². The molecule has 2 N–H and O–H groups in total. The average Bonchev–Trinajstić information content (AvgIpc) is 3.36. The highest BCUT2D eigenvalue weighted by Crippen LogP contribution is 2.53. The number of amides is 3. The summed E-state index contributed by atoms with van der Waals surface area (Å²) in [6.07, 6.45) is 8.20. The number of likely N-dealkylation sites (tertiary alicyclic amines) is 1. The van der Waals surface area contributed by atoms with Gasteiger partial charge in [-0.15, -0.1) is 0 Å². The third-order valence-corrected chi connectivity index (χ3v) is 9.06. The van der Waals surface area contributed by atoms with E-state index in [0.29, 0.717) is 38.8 Å². The Bertz CT molecular complexity index is 1260. The van der Waals surface area contributed by atoms with Crippen molar-refractivity contribution >= 4 is 23.7 Å². The van der Waals surface area contributed by atoms with Crippen molar-refractivity contribution in [1.29, 1.82) is 0 Å². The average molecular weight is 594 g/mol. The van der Waals surface area contributed by atoms with Crippen LogP contribution < -0.4 is 5.32 Å². The van der Waals surface area contributed by atoms with Gasteiger partial charge in [-0.2, -0.15) is 0 Å². The molecule has 4 heterocycles. The van der Waals surface area contributed by atoms with Crippen LogP contribution in [0.4, 0.5) is 0 Å². The molecule has 232 valence electrons. The first-order valence-electron chi connectivity index (χ1n) is 15.5. The Hall–Kier alpha value is -3.50. The van der Waals surface area contributed by atoms with Gasteiger partial charge in [0.15, 0.2) is 0 Å². The van der Waals surface area contributed by atoms with E-state index in [4.69, 9.17) is 9.47 Å². The second-order valence-electron chi connectivity index (χ2n) is 12.2. The molecule has 0 aromatic heterocycles. The zero-order valence-corrected chi connectivity index (χ0v) is 25.2. The molecular formula is C33H43N3O7. The Morgan fingerprint density at radius 3 is 2.53 bits per heavy atom. The maximum Gasteiger partial charge on any atom is 0.313 e. The first-order valence-corrected chi connectivity index (χ1v) is 15.5. The normalized spacial score (nSPS) is 33.6. The lowest BCUT2D eigenvalue weighted by Crippen LogP contribution is -2.56. The highest BCUT2D eigenvalue weighted by atomic mass is 16.6. The van der Waals surface area contributed by atoms with Gasteiger partial charge >= 0.3 is 5.97 Å². The summed E-state index contributed by atoms with van der Waals surface area (Å²) in [5.74, 6) is -3.24. The molecule has 2 saturated heterocycles. The number of cyclic esters (lactones) is 1. The number of aliphatic hydroxyl groups is 1. The number of ether oxygens (including phenoxy) is 2. The Morgan fingerprint density at radius 2 is 1.81 bits per heavy atom. The van der Waals surface area contributed by atoms with Crippen LogP contribution in [0.5, 0.6) is 0 Å². The minimum atomic E-state index is -1.35. The van der Waals surface area contributed by atoms with Crippen LogP contribution in [0.25, 0.3) is 0 Å². The summed E-state index contributed by atoms with van der Waals surface area (Å²) in [6, 6.07) is 7.67. The van der Waals surface area contributed by atoms with Crippen LogP contribution in [0.2, 0.25) is 0 Å². The van der Waals surface area contributed by atoms with Crippen LogP contribution >= 0.6 is 0 Å². The van der Waals surface area contributed by atoms with Crippen molar-refractivity contribution in [2.24, 2.45) is 11.8 Å². The number of carbonyl (C=O) groups is 4. The third-order valence-electron chi connectivity index (χ3n) is 9.06.